The summed E-state index contributed by atoms with van der Waals surface area (Å²) in [5.41, 5.74) is 0.535. The van der Waals surface area contributed by atoms with Crippen LogP contribution in [0.2, 0.25) is 0 Å². The van der Waals surface area contributed by atoms with E-state index in [0.29, 0.717) is 23.6 Å². The number of anilines is 1. The minimum atomic E-state index is -0.410. The molecule has 1 aromatic carbocycles. The van der Waals surface area contributed by atoms with Gasteiger partial charge in [0.1, 0.15) is 0 Å². The predicted octanol–water partition coefficient (Wildman–Crippen LogP) is 2.88. The van der Waals surface area contributed by atoms with Gasteiger partial charge in [-0.2, -0.15) is 0 Å². The van der Waals surface area contributed by atoms with Crippen LogP contribution in [0.3, 0.4) is 0 Å². The van der Waals surface area contributed by atoms with Gasteiger partial charge in [0, 0.05) is 16.6 Å². The molecule has 24 heavy (non-hydrogen) atoms. The monoisotopic (exact) mass is 349 g/mol. The second kappa shape index (κ2) is 8.93. The van der Waals surface area contributed by atoms with Gasteiger partial charge in [-0.05, 0) is 30.0 Å². The average molecular weight is 349 g/mol. The molecule has 0 aliphatic rings. The number of ether oxygens (including phenoxy) is 3. The first-order valence-corrected chi connectivity index (χ1v) is 8.20. The Bertz CT molecular complexity index is 684. The van der Waals surface area contributed by atoms with Crippen molar-refractivity contribution in [3.63, 3.8) is 0 Å². The van der Waals surface area contributed by atoms with Gasteiger partial charge >= 0.3 is 5.97 Å². The lowest BCUT2D eigenvalue weighted by atomic mass is 10.2. The number of thiophene rings is 1. The third kappa shape index (κ3) is 5.27. The maximum atomic E-state index is 11.8. The van der Waals surface area contributed by atoms with E-state index in [1.54, 1.807) is 29.5 Å². The molecule has 128 valence electrons. The predicted molar refractivity (Wildman–Crippen MR) is 91.8 cm³/mol. The summed E-state index contributed by atoms with van der Waals surface area (Å²) in [5, 5.41) is 4.60. The van der Waals surface area contributed by atoms with Gasteiger partial charge < -0.3 is 19.5 Å². The van der Waals surface area contributed by atoms with Crippen molar-refractivity contribution in [2.75, 3.05) is 26.1 Å². The van der Waals surface area contributed by atoms with Crippen molar-refractivity contribution in [1.29, 1.82) is 0 Å². The average Bonchev–Trinajstić information content (AvgIpc) is 3.11. The number of hydrogen-bond donors (Lipinski definition) is 1. The number of aryl methyl sites for hydroxylation is 1. The zero-order chi connectivity index (χ0) is 17.4. The number of nitrogens with one attached hydrogen (secondary N) is 1. The quantitative estimate of drug-likeness (QED) is 0.742. The Labute approximate surface area is 144 Å². The molecule has 0 aliphatic carbocycles. The van der Waals surface area contributed by atoms with E-state index >= 15 is 0 Å². The number of carbonyl (C=O) groups is 2. The molecule has 7 heteroatoms. The number of amides is 1. The second-order valence-corrected chi connectivity index (χ2v) is 5.89. The zero-order valence-corrected chi connectivity index (χ0v) is 14.4. The smallest absolute Gasteiger partial charge is 0.306 e. The van der Waals surface area contributed by atoms with Crippen LogP contribution in [0.15, 0.2) is 35.7 Å². The standard InChI is InChI=1S/C17H19NO5S/c1-21-14-7-5-12(10-15(14)22-2)18-16(19)11-23-17(20)8-6-13-4-3-9-24-13/h3-5,7,9-10H,6,8,11H2,1-2H3,(H,18,19). The summed E-state index contributed by atoms with van der Waals surface area (Å²) in [5.74, 6) is 0.260. The van der Waals surface area contributed by atoms with Crippen LogP contribution in [0.25, 0.3) is 0 Å². The SMILES string of the molecule is COc1ccc(NC(=O)COC(=O)CCc2cccs2)cc1OC. The van der Waals surface area contributed by atoms with Gasteiger partial charge in [0.05, 0.1) is 20.6 Å². The molecule has 2 rings (SSSR count). The lowest BCUT2D eigenvalue weighted by Crippen LogP contribution is -2.21. The van der Waals surface area contributed by atoms with Crippen LogP contribution in [0.5, 0.6) is 11.5 Å². The van der Waals surface area contributed by atoms with Gasteiger partial charge in [-0.25, -0.2) is 0 Å². The molecule has 0 saturated heterocycles. The van der Waals surface area contributed by atoms with Crippen LogP contribution in [0.1, 0.15) is 11.3 Å². The van der Waals surface area contributed by atoms with Crippen molar-refractivity contribution in [3.8, 4) is 11.5 Å². The van der Waals surface area contributed by atoms with E-state index in [-0.39, 0.29) is 13.0 Å². The van der Waals surface area contributed by atoms with Crippen molar-refractivity contribution in [2.24, 2.45) is 0 Å². The first-order valence-electron chi connectivity index (χ1n) is 7.32. The molecule has 1 N–H and O–H groups in total. The minimum Gasteiger partial charge on any atom is -0.493 e. The summed E-state index contributed by atoms with van der Waals surface area (Å²) in [6.45, 7) is -0.322. The van der Waals surface area contributed by atoms with E-state index in [9.17, 15) is 9.59 Å². The molecule has 0 unspecified atom stereocenters. The maximum absolute atomic E-state index is 11.8. The van der Waals surface area contributed by atoms with E-state index in [0.717, 1.165) is 4.88 Å². The van der Waals surface area contributed by atoms with E-state index in [2.05, 4.69) is 5.32 Å². The van der Waals surface area contributed by atoms with Crippen molar-refractivity contribution in [3.05, 3.63) is 40.6 Å². The highest BCUT2D eigenvalue weighted by molar-refractivity contribution is 7.09. The molecule has 0 radical (unpaired) electrons. The topological polar surface area (TPSA) is 73.9 Å². The molecular weight excluding hydrogens is 330 g/mol. The molecule has 0 saturated carbocycles. The van der Waals surface area contributed by atoms with Gasteiger partial charge in [0.2, 0.25) is 0 Å². The molecule has 0 bridgehead atoms. The molecular formula is C17H19NO5S. The molecule has 1 heterocycles. The summed E-state index contributed by atoms with van der Waals surface area (Å²) in [4.78, 5) is 24.6. The molecule has 0 spiro atoms. The van der Waals surface area contributed by atoms with E-state index in [4.69, 9.17) is 14.2 Å². The number of esters is 1. The fraction of sp³-hybridized carbons (Fsp3) is 0.294. The Morgan fingerprint density at radius 2 is 1.92 bits per heavy atom. The Morgan fingerprint density at radius 1 is 1.12 bits per heavy atom. The van der Waals surface area contributed by atoms with Crippen molar-refractivity contribution in [1.82, 2.24) is 0 Å². The molecule has 1 aromatic heterocycles. The molecule has 1 amide bonds. The Morgan fingerprint density at radius 3 is 2.58 bits per heavy atom. The molecule has 6 nitrogen and oxygen atoms in total. The van der Waals surface area contributed by atoms with Crippen LogP contribution >= 0.6 is 11.3 Å². The number of rotatable bonds is 8. The Kier molecular flexibility index (Phi) is 6.62. The summed E-state index contributed by atoms with van der Waals surface area (Å²) in [6.07, 6.45) is 0.873. The fourth-order valence-electron chi connectivity index (χ4n) is 2.01. The molecule has 0 atom stereocenters. The summed E-state index contributed by atoms with van der Waals surface area (Å²) in [6, 6.07) is 8.89. The third-order valence-electron chi connectivity index (χ3n) is 3.19. The van der Waals surface area contributed by atoms with Crippen LogP contribution in [-0.4, -0.2) is 32.7 Å². The summed E-state index contributed by atoms with van der Waals surface area (Å²) >= 11 is 1.59. The van der Waals surface area contributed by atoms with Crippen LogP contribution in [0.4, 0.5) is 5.69 Å². The van der Waals surface area contributed by atoms with Gasteiger partial charge in [-0.3, -0.25) is 9.59 Å². The Hall–Kier alpha value is -2.54. The van der Waals surface area contributed by atoms with Crippen molar-refractivity contribution >= 4 is 28.9 Å². The molecule has 2 aromatic rings. The largest absolute Gasteiger partial charge is 0.493 e. The highest BCUT2D eigenvalue weighted by Crippen LogP contribution is 2.29. The molecule has 0 aliphatic heterocycles. The molecule has 0 fully saturated rings. The van der Waals surface area contributed by atoms with Crippen molar-refractivity contribution < 1.29 is 23.8 Å². The zero-order valence-electron chi connectivity index (χ0n) is 13.5. The van der Waals surface area contributed by atoms with Crippen LogP contribution < -0.4 is 14.8 Å². The van der Waals surface area contributed by atoms with Gasteiger partial charge in [-0.1, -0.05) is 6.07 Å². The number of benzene rings is 1. The number of hydrogen-bond acceptors (Lipinski definition) is 6. The fourth-order valence-corrected chi connectivity index (χ4v) is 2.72. The van der Waals surface area contributed by atoms with Gasteiger partial charge in [0.25, 0.3) is 5.91 Å². The van der Waals surface area contributed by atoms with Gasteiger partial charge in [0.15, 0.2) is 18.1 Å². The third-order valence-corrected chi connectivity index (χ3v) is 4.12. The summed E-state index contributed by atoms with van der Waals surface area (Å²) in [7, 11) is 3.05. The maximum Gasteiger partial charge on any atom is 0.306 e. The minimum absolute atomic E-state index is 0.254. The van der Waals surface area contributed by atoms with E-state index in [1.165, 1.54) is 14.2 Å². The van der Waals surface area contributed by atoms with Crippen molar-refractivity contribution in [2.45, 2.75) is 12.8 Å². The summed E-state index contributed by atoms with van der Waals surface area (Å²) < 4.78 is 15.3. The Balaban J connectivity index is 1.77. The van der Waals surface area contributed by atoms with E-state index in [1.807, 2.05) is 17.5 Å². The highest BCUT2D eigenvalue weighted by Gasteiger charge is 2.10. The van der Waals surface area contributed by atoms with Gasteiger partial charge in [-0.15, -0.1) is 11.3 Å². The first-order chi connectivity index (χ1) is 11.6. The lowest BCUT2D eigenvalue weighted by Gasteiger charge is -2.10. The van der Waals surface area contributed by atoms with E-state index < -0.39 is 11.9 Å². The van der Waals surface area contributed by atoms with Crippen LogP contribution in [-0.2, 0) is 20.7 Å². The lowest BCUT2D eigenvalue weighted by molar-refractivity contribution is -0.147. The number of carbonyl (C=O) groups excluding carboxylic acids is 2. The highest BCUT2D eigenvalue weighted by atomic mass is 32.1. The van der Waals surface area contributed by atoms with Crippen LogP contribution in [0, 0.1) is 0 Å². The first kappa shape index (κ1) is 17.8. The normalized spacial score (nSPS) is 10.1. The second-order valence-electron chi connectivity index (χ2n) is 4.86. The number of methoxy groups -OCH3 is 2.